The molecule has 0 aliphatic heterocycles. The first-order valence-electron chi connectivity index (χ1n) is 20.0. The van der Waals surface area contributed by atoms with Crippen LogP contribution in [0, 0.1) is 0 Å². The van der Waals surface area contributed by atoms with E-state index in [9.17, 15) is 0 Å². The van der Waals surface area contributed by atoms with Crippen LogP contribution >= 0.6 is 15.8 Å². The Hall–Kier alpha value is -4.60. The summed E-state index contributed by atoms with van der Waals surface area (Å²) in [6, 6.07) is 69.8. The lowest BCUT2D eigenvalue weighted by Gasteiger charge is -2.53. The number of unbranched alkanes of at least 4 members (excludes halogenated alkanes) is 5. The molecule has 0 nitrogen and oxygen atoms in total. The van der Waals surface area contributed by atoms with Gasteiger partial charge in [0.1, 0.15) is 0 Å². The number of hydrogen-bond acceptors (Lipinski definition) is 0. The molecule has 2 heteroatoms. The zero-order valence-electron chi connectivity index (χ0n) is 31.2. The first-order chi connectivity index (χ1) is 26.8. The smallest absolute Gasteiger partial charge is 0.0461 e. The standard InChI is InChI=1S/C52H48P2/c1-2-3-4-5-6-21-38-52-44-33-20-19-32-43(44)49(50-45(52)34-22-36-47(50)53(39-24-11-7-12-25-39)40-26-13-8-14-27-40)51-46(52)35-23-37-48(51)54(41-28-15-9-16-29-41)42-30-17-10-18-31-42/h7-20,22-37,49H,2-6,21,38H2,1H3. The Balaban J connectivity index is 1.34. The van der Waals surface area contributed by atoms with Gasteiger partial charge in [-0.3, -0.25) is 0 Å². The van der Waals surface area contributed by atoms with Crippen LogP contribution in [0.1, 0.15) is 91.2 Å². The maximum Gasteiger partial charge on any atom is 0.0461 e. The Bertz CT molecular complexity index is 2120. The molecule has 0 amide bonds. The fourth-order valence-electron chi connectivity index (χ4n) is 9.61. The summed E-state index contributed by atoms with van der Waals surface area (Å²) in [6.07, 6.45) is 8.88. The van der Waals surface area contributed by atoms with E-state index in [1.165, 1.54) is 81.5 Å². The first kappa shape index (κ1) is 35.1. The van der Waals surface area contributed by atoms with Crippen molar-refractivity contribution in [1.29, 1.82) is 0 Å². The monoisotopic (exact) mass is 734 g/mol. The maximum absolute atomic E-state index is 2.52. The zero-order chi connectivity index (χ0) is 36.3. The van der Waals surface area contributed by atoms with E-state index in [0.29, 0.717) is 0 Å². The fourth-order valence-corrected chi connectivity index (χ4v) is 14.7. The number of benzene rings is 7. The van der Waals surface area contributed by atoms with E-state index in [4.69, 9.17) is 0 Å². The molecule has 0 heterocycles. The highest BCUT2D eigenvalue weighted by atomic mass is 31.1. The molecule has 0 saturated heterocycles. The highest BCUT2D eigenvalue weighted by Crippen LogP contribution is 2.62. The average molecular weight is 735 g/mol. The van der Waals surface area contributed by atoms with Gasteiger partial charge in [0.05, 0.1) is 0 Å². The SMILES string of the molecule is CCCCCCCCC12c3ccccc3C(c3c(P(c4ccccc4)c4ccccc4)cccc31)c1c(P(c3ccccc3)c3ccccc3)cccc12. The summed E-state index contributed by atoms with van der Waals surface area (Å²) in [5, 5.41) is 8.67. The minimum Gasteiger partial charge on any atom is -0.0654 e. The molecular formula is C52H48P2. The van der Waals surface area contributed by atoms with Crippen molar-refractivity contribution < 1.29 is 0 Å². The third-order valence-electron chi connectivity index (χ3n) is 11.8. The Labute approximate surface area is 324 Å². The van der Waals surface area contributed by atoms with Crippen molar-refractivity contribution in [1.82, 2.24) is 0 Å². The van der Waals surface area contributed by atoms with Crippen LogP contribution in [-0.4, -0.2) is 0 Å². The summed E-state index contributed by atoms with van der Waals surface area (Å²) < 4.78 is 0. The van der Waals surface area contributed by atoms with Crippen LogP contribution in [0.4, 0.5) is 0 Å². The summed E-state index contributed by atoms with van der Waals surface area (Å²) in [7, 11) is -1.61. The third-order valence-corrected chi connectivity index (χ3v) is 16.8. The highest BCUT2D eigenvalue weighted by Gasteiger charge is 2.53. The van der Waals surface area contributed by atoms with Gasteiger partial charge in [0.15, 0.2) is 0 Å². The molecule has 0 N–H and O–H groups in total. The second-order valence-corrected chi connectivity index (χ2v) is 19.3. The Morgan fingerprint density at radius 1 is 0.389 bits per heavy atom. The zero-order valence-corrected chi connectivity index (χ0v) is 33.0. The van der Waals surface area contributed by atoms with Crippen LogP contribution in [0.15, 0.2) is 182 Å². The van der Waals surface area contributed by atoms with Gasteiger partial charge in [-0.15, -0.1) is 0 Å². The Morgan fingerprint density at radius 3 is 1.24 bits per heavy atom. The van der Waals surface area contributed by atoms with Gasteiger partial charge in [0.2, 0.25) is 0 Å². The van der Waals surface area contributed by atoms with E-state index in [2.05, 4.69) is 189 Å². The van der Waals surface area contributed by atoms with Gasteiger partial charge in [-0.05, 0) is 87.5 Å². The molecule has 2 bridgehead atoms. The molecular weight excluding hydrogens is 687 g/mol. The van der Waals surface area contributed by atoms with Crippen LogP contribution in [0.2, 0.25) is 0 Å². The fraction of sp³-hybridized carbons (Fsp3) is 0.192. The Morgan fingerprint density at radius 2 is 0.778 bits per heavy atom. The summed E-state index contributed by atoms with van der Waals surface area (Å²) in [5.41, 5.74) is 9.06. The van der Waals surface area contributed by atoms with Gasteiger partial charge in [-0.2, -0.15) is 0 Å². The molecule has 266 valence electrons. The van der Waals surface area contributed by atoms with Crippen LogP contribution in [0.3, 0.4) is 0 Å². The molecule has 0 saturated carbocycles. The van der Waals surface area contributed by atoms with Gasteiger partial charge < -0.3 is 0 Å². The van der Waals surface area contributed by atoms with Crippen LogP contribution in [0.25, 0.3) is 0 Å². The van der Waals surface area contributed by atoms with Crippen LogP contribution in [0.5, 0.6) is 0 Å². The maximum atomic E-state index is 2.52. The predicted molar refractivity (Wildman–Crippen MR) is 236 cm³/mol. The van der Waals surface area contributed by atoms with E-state index in [0.717, 1.165) is 6.42 Å². The van der Waals surface area contributed by atoms with E-state index < -0.39 is 15.8 Å². The first-order valence-corrected chi connectivity index (χ1v) is 22.7. The van der Waals surface area contributed by atoms with E-state index in [-0.39, 0.29) is 11.3 Å². The average Bonchev–Trinajstić information content (AvgIpc) is 3.24. The van der Waals surface area contributed by atoms with Crippen molar-refractivity contribution in [2.75, 3.05) is 0 Å². The van der Waals surface area contributed by atoms with Crippen molar-refractivity contribution in [3.63, 3.8) is 0 Å². The van der Waals surface area contributed by atoms with Crippen molar-refractivity contribution in [2.24, 2.45) is 0 Å². The lowest BCUT2D eigenvalue weighted by Crippen LogP contribution is -2.47. The second-order valence-electron chi connectivity index (χ2n) is 14.9. The molecule has 54 heavy (non-hydrogen) atoms. The summed E-state index contributed by atoms with van der Waals surface area (Å²) in [5.74, 6) is 0.153. The molecule has 3 aliphatic rings. The minimum atomic E-state index is -0.804. The van der Waals surface area contributed by atoms with Crippen molar-refractivity contribution in [3.8, 4) is 0 Å². The normalized spacial score (nSPS) is 16.6. The Kier molecular flexibility index (Phi) is 10.2. The summed E-state index contributed by atoms with van der Waals surface area (Å²) in [4.78, 5) is 0. The predicted octanol–water partition coefficient (Wildman–Crippen LogP) is 11.1. The molecule has 0 spiro atoms. The lowest BCUT2D eigenvalue weighted by atomic mass is 9.51. The van der Waals surface area contributed by atoms with Gasteiger partial charge in [0.25, 0.3) is 0 Å². The minimum absolute atomic E-state index is 0.153. The molecule has 0 unspecified atom stereocenters. The lowest BCUT2D eigenvalue weighted by molar-refractivity contribution is 0.466. The molecule has 10 rings (SSSR count). The van der Waals surface area contributed by atoms with Gasteiger partial charge in [-0.1, -0.05) is 227 Å². The quantitative estimate of drug-likeness (QED) is 0.0817. The molecule has 0 radical (unpaired) electrons. The second kappa shape index (κ2) is 15.6. The molecule has 3 aliphatic carbocycles. The number of rotatable bonds is 13. The topological polar surface area (TPSA) is 0 Å². The molecule has 7 aromatic rings. The van der Waals surface area contributed by atoms with Gasteiger partial charge in [0, 0.05) is 11.3 Å². The van der Waals surface area contributed by atoms with Crippen LogP contribution in [-0.2, 0) is 5.41 Å². The number of hydrogen-bond donors (Lipinski definition) is 0. The summed E-state index contributed by atoms with van der Waals surface area (Å²) in [6.45, 7) is 2.32. The largest absolute Gasteiger partial charge is 0.0654 e. The van der Waals surface area contributed by atoms with Gasteiger partial charge in [-0.25, -0.2) is 0 Å². The molecule has 0 atom stereocenters. The van der Waals surface area contributed by atoms with Crippen LogP contribution < -0.4 is 31.8 Å². The van der Waals surface area contributed by atoms with E-state index in [1.807, 2.05) is 0 Å². The molecule has 0 aromatic heterocycles. The van der Waals surface area contributed by atoms with E-state index in [1.54, 1.807) is 22.3 Å². The molecule has 7 aromatic carbocycles. The third kappa shape index (κ3) is 6.09. The van der Waals surface area contributed by atoms with Gasteiger partial charge >= 0.3 is 0 Å². The summed E-state index contributed by atoms with van der Waals surface area (Å²) >= 11 is 0. The molecule has 0 fully saturated rings. The van der Waals surface area contributed by atoms with Crippen molar-refractivity contribution >= 4 is 47.7 Å². The highest BCUT2D eigenvalue weighted by molar-refractivity contribution is 7.80. The van der Waals surface area contributed by atoms with E-state index >= 15 is 0 Å². The van der Waals surface area contributed by atoms with Crippen molar-refractivity contribution in [2.45, 2.75) is 63.2 Å². The van der Waals surface area contributed by atoms with Crippen molar-refractivity contribution in [3.05, 3.63) is 215 Å².